The molecule has 0 atom stereocenters. The number of benzene rings is 1. The Morgan fingerprint density at radius 3 is 2.41 bits per heavy atom. The van der Waals surface area contributed by atoms with Crippen molar-refractivity contribution in [2.24, 2.45) is 13.0 Å². The maximum Gasteiger partial charge on any atom is 0.228 e. The zero-order valence-electron chi connectivity index (χ0n) is 17.6. The van der Waals surface area contributed by atoms with Crippen molar-refractivity contribution in [3.8, 4) is 0 Å². The third-order valence-corrected chi connectivity index (χ3v) is 4.86. The van der Waals surface area contributed by atoms with E-state index in [1.165, 1.54) is 0 Å². The van der Waals surface area contributed by atoms with Crippen LogP contribution in [-0.4, -0.2) is 31.0 Å². The molecule has 2 heterocycles. The SMILES string of the molecule is Cc1nn(CC(C)C)c(C)c1CC(=O)Nc1ccc(C(=O)c2nccn2C)cc1. The molecule has 0 saturated heterocycles. The highest BCUT2D eigenvalue weighted by Crippen LogP contribution is 2.17. The molecule has 1 N–H and O–H groups in total. The number of aromatic nitrogens is 4. The molecule has 3 aromatic rings. The Labute approximate surface area is 170 Å². The Bertz CT molecular complexity index is 1030. The first kappa shape index (κ1) is 20.5. The van der Waals surface area contributed by atoms with Gasteiger partial charge >= 0.3 is 0 Å². The lowest BCUT2D eigenvalue weighted by Crippen LogP contribution is -2.16. The van der Waals surface area contributed by atoms with E-state index in [0.717, 1.165) is 23.5 Å². The van der Waals surface area contributed by atoms with E-state index in [4.69, 9.17) is 0 Å². The third-order valence-electron chi connectivity index (χ3n) is 4.86. The van der Waals surface area contributed by atoms with Gasteiger partial charge in [-0.3, -0.25) is 14.3 Å². The molecule has 0 bridgehead atoms. The van der Waals surface area contributed by atoms with Gasteiger partial charge in [0, 0.05) is 48.5 Å². The number of imidazole rings is 1. The number of carbonyl (C=O) groups is 2. The smallest absolute Gasteiger partial charge is 0.228 e. The Balaban J connectivity index is 1.67. The van der Waals surface area contributed by atoms with Gasteiger partial charge in [-0.1, -0.05) is 13.8 Å². The van der Waals surface area contributed by atoms with Crippen molar-refractivity contribution in [1.29, 1.82) is 0 Å². The number of carbonyl (C=O) groups excluding carboxylic acids is 2. The monoisotopic (exact) mass is 393 g/mol. The maximum absolute atomic E-state index is 12.5. The van der Waals surface area contributed by atoms with Crippen molar-refractivity contribution >= 4 is 17.4 Å². The topological polar surface area (TPSA) is 81.8 Å². The summed E-state index contributed by atoms with van der Waals surface area (Å²) in [5.74, 6) is 0.607. The zero-order valence-corrected chi connectivity index (χ0v) is 17.6. The maximum atomic E-state index is 12.5. The number of hydrogen-bond acceptors (Lipinski definition) is 4. The van der Waals surface area contributed by atoms with Crippen LogP contribution in [0.3, 0.4) is 0 Å². The van der Waals surface area contributed by atoms with Crippen LogP contribution in [0.1, 0.15) is 47.0 Å². The van der Waals surface area contributed by atoms with Crippen LogP contribution < -0.4 is 5.32 Å². The number of aryl methyl sites for hydroxylation is 2. The van der Waals surface area contributed by atoms with E-state index in [1.54, 1.807) is 48.3 Å². The Kier molecular flexibility index (Phi) is 5.96. The third kappa shape index (κ3) is 4.62. The van der Waals surface area contributed by atoms with Crippen LogP contribution in [-0.2, 0) is 24.8 Å². The first-order valence-corrected chi connectivity index (χ1v) is 9.71. The number of amides is 1. The summed E-state index contributed by atoms with van der Waals surface area (Å²) in [5, 5.41) is 7.46. The molecule has 0 aliphatic rings. The Hall–Kier alpha value is -3.22. The zero-order chi connectivity index (χ0) is 21.1. The van der Waals surface area contributed by atoms with Gasteiger partial charge in [0.1, 0.15) is 0 Å². The Morgan fingerprint density at radius 2 is 1.83 bits per heavy atom. The van der Waals surface area contributed by atoms with Crippen molar-refractivity contribution in [3.05, 3.63) is 65.0 Å². The second kappa shape index (κ2) is 8.43. The van der Waals surface area contributed by atoms with Crippen molar-refractivity contribution < 1.29 is 9.59 Å². The summed E-state index contributed by atoms with van der Waals surface area (Å²) in [6.45, 7) is 9.06. The van der Waals surface area contributed by atoms with E-state index in [9.17, 15) is 9.59 Å². The fraction of sp³-hybridized carbons (Fsp3) is 0.364. The molecule has 1 amide bonds. The van der Waals surface area contributed by atoms with Crippen molar-refractivity contribution in [3.63, 3.8) is 0 Å². The predicted molar refractivity (Wildman–Crippen MR) is 112 cm³/mol. The molecule has 0 fully saturated rings. The first-order chi connectivity index (χ1) is 13.8. The lowest BCUT2D eigenvalue weighted by atomic mass is 10.1. The van der Waals surface area contributed by atoms with Crippen LogP contribution in [0.5, 0.6) is 0 Å². The van der Waals surface area contributed by atoms with Crippen LogP contribution in [0.25, 0.3) is 0 Å². The molecule has 0 spiro atoms. The summed E-state index contributed by atoms with van der Waals surface area (Å²) in [4.78, 5) is 29.1. The van der Waals surface area contributed by atoms with Gasteiger partial charge < -0.3 is 9.88 Å². The van der Waals surface area contributed by atoms with Gasteiger partial charge in [0.05, 0.1) is 12.1 Å². The second-order valence-corrected chi connectivity index (χ2v) is 7.72. The van der Waals surface area contributed by atoms with Crippen LogP contribution in [0, 0.1) is 19.8 Å². The van der Waals surface area contributed by atoms with E-state index in [0.29, 0.717) is 23.0 Å². The molecular weight excluding hydrogens is 366 g/mol. The van der Waals surface area contributed by atoms with Gasteiger partial charge in [-0.25, -0.2) is 4.98 Å². The first-order valence-electron chi connectivity index (χ1n) is 9.71. The van der Waals surface area contributed by atoms with E-state index in [1.807, 2.05) is 18.5 Å². The summed E-state index contributed by atoms with van der Waals surface area (Å²) < 4.78 is 3.66. The highest BCUT2D eigenvalue weighted by molar-refractivity contribution is 6.07. The average Bonchev–Trinajstić information content (AvgIpc) is 3.20. The highest BCUT2D eigenvalue weighted by atomic mass is 16.1. The molecule has 0 unspecified atom stereocenters. The predicted octanol–water partition coefficient (Wildman–Crippen LogP) is 3.30. The molecule has 7 nitrogen and oxygen atoms in total. The van der Waals surface area contributed by atoms with Gasteiger partial charge in [-0.15, -0.1) is 0 Å². The van der Waals surface area contributed by atoms with Crippen molar-refractivity contribution in [2.75, 3.05) is 5.32 Å². The van der Waals surface area contributed by atoms with Gasteiger partial charge in [0.15, 0.2) is 5.82 Å². The molecule has 7 heteroatoms. The largest absolute Gasteiger partial charge is 0.331 e. The number of rotatable bonds is 7. The molecular formula is C22H27N5O2. The molecule has 2 aromatic heterocycles. The number of ketones is 1. The van der Waals surface area contributed by atoms with E-state index < -0.39 is 0 Å². The molecule has 29 heavy (non-hydrogen) atoms. The standard InChI is InChI=1S/C22H27N5O2/c1-14(2)13-27-16(4)19(15(3)25-27)12-20(28)24-18-8-6-17(7-9-18)21(29)22-23-10-11-26(22)5/h6-11,14H,12-13H2,1-5H3,(H,24,28). The molecule has 0 aliphatic heterocycles. The lowest BCUT2D eigenvalue weighted by Gasteiger charge is -2.09. The number of anilines is 1. The summed E-state index contributed by atoms with van der Waals surface area (Å²) in [7, 11) is 1.78. The Morgan fingerprint density at radius 1 is 1.14 bits per heavy atom. The average molecular weight is 393 g/mol. The lowest BCUT2D eigenvalue weighted by molar-refractivity contribution is -0.115. The van der Waals surface area contributed by atoms with Gasteiger partial charge in [0.25, 0.3) is 0 Å². The summed E-state index contributed by atoms with van der Waals surface area (Å²) in [5.41, 5.74) is 4.05. The number of nitrogens with zero attached hydrogens (tertiary/aromatic N) is 4. The van der Waals surface area contributed by atoms with Crippen LogP contribution in [0.2, 0.25) is 0 Å². The van der Waals surface area contributed by atoms with Crippen LogP contribution in [0.4, 0.5) is 5.69 Å². The molecule has 0 radical (unpaired) electrons. The minimum atomic E-state index is -0.154. The summed E-state index contributed by atoms with van der Waals surface area (Å²) >= 11 is 0. The van der Waals surface area contributed by atoms with Crippen molar-refractivity contribution in [1.82, 2.24) is 19.3 Å². The normalized spacial score (nSPS) is 11.1. The fourth-order valence-corrected chi connectivity index (χ4v) is 3.30. The highest BCUT2D eigenvalue weighted by Gasteiger charge is 2.17. The number of hydrogen-bond donors (Lipinski definition) is 1. The minimum absolute atomic E-state index is 0.108. The fourth-order valence-electron chi connectivity index (χ4n) is 3.30. The van der Waals surface area contributed by atoms with E-state index >= 15 is 0 Å². The minimum Gasteiger partial charge on any atom is -0.331 e. The molecule has 152 valence electrons. The van der Waals surface area contributed by atoms with E-state index in [-0.39, 0.29) is 18.1 Å². The number of nitrogens with one attached hydrogen (secondary N) is 1. The van der Waals surface area contributed by atoms with Gasteiger partial charge in [-0.05, 0) is 44.0 Å². The van der Waals surface area contributed by atoms with Crippen LogP contribution >= 0.6 is 0 Å². The molecule has 0 aliphatic carbocycles. The van der Waals surface area contributed by atoms with Crippen molar-refractivity contribution in [2.45, 2.75) is 40.7 Å². The quantitative estimate of drug-likeness (QED) is 0.625. The molecule has 0 saturated carbocycles. The molecule has 1 aromatic carbocycles. The second-order valence-electron chi connectivity index (χ2n) is 7.72. The van der Waals surface area contributed by atoms with Gasteiger partial charge in [0.2, 0.25) is 11.7 Å². The summed E-state index contributed by atoms with van der Waals surface area (Å²) in [6.07, 6.45) is 3.59. The van der Waals surface area contributed by atoms with E-state index in [2.05, 4.69) is 29.2 Å². The summed E-state index contributed by atoms with van der Waals surface area (Å²) in [6, 6.07) is 6.86. The van der Waals surface area contributed by atoms with Crippen LogP contribution in [0.15, 0.2) is 36.7 Å². The molecule has 3 rings (SSSR count). The van der Waals surface area contributed by atoms with Gasteiger partial charge in [-0.2, -0.15) is 5.10 Å².